The molecule has 1 fully saturated rings. The Bertz CT molecular complexity index is 237. The SMILES string of the molecule is CN1CCC(N(C)CC(=O)C(C)(C)C)CC1. The van der Waals surface area contributed by atoms with Crippen molar-refractivity contribution in [3.8, 4) is 0 Å². The fraction of sp³-hybridized carbons (Fsp3) is 0.923. The molecule has 0 aromatic rings. The molecule has 1 saturated heterocycles. The number of ketones is 1. The van der Waals surface area contributed by atoms with Crippen molar-refractivity contribution in [3.05, 3.63) is 0 Å². The largest absolute Gasteiger partial charge is 0.306 e. The maximum atomic E-state index is 11.9. The second-order valence-corrected chi connectivity index (χ2v) is 6.12. The van der Waals surface area contributed by atoms with Gasteiger partial charge in [-0.25, -0.2) is 0 Å². The van der Waals surface area contributed by atoms with Crippen molar-refractivity contribution in [1.29, 1.82) is 0 Å². The Morgan fingerprint density at radius 3 is 2.25 bits per heavy atom. The Morgan fingerprint density at radius 2 is 1.81 bits per heavy atom. The molecule has 3 nitrogen and oxygen atoms in total. The molecule has 94 valence electrons. The number of carbonyl (C=O) groups is 1. The molecule has 0 aromatic carbocycles. The van der Waals surface area contributed by atoms with Crippen LogP contribution in [0.3, 0.4) is 0 Å². The van der Waals surface area contributed by atoms with Crippen LogP contribution < -0.4 is 0 Å². The van der Waals surface area contributed by atoms with Crippen molar-refractivity contribution in [2.75, 3.05) is 33.7 Å². The fourth-order valence-corrected chi connectivity index (χ4v) is 2.03. The summed E-state index contributed by atoms with van der Waals surface area (Å²) < 4.78 is 0. The maximum absolute atomic E-state index is 11.9. The molecule has 16 heavy (non-hydrogen) atoms. The molecule has 0 aliphatic carbocycles. The van der Waals surface area contributed by atoms with Gasteiger partial charge in [-0.2, -0.15) is 0 Å². The molecule has 0 N–H and O–H groups in total. The lowest BCUT2D eigenvalue weighted by Gasteiger charge is -2.35. The molecule has 0 atom stereocenters. The molecule has 1 rings (SSSR count). The van der Waals surface area contributed by atoms with Crippen LogP contribution in [0, 0.1) is 5.41 Å². The molecule has 0 aromatic heterocycles. The van der Waals surface area contributed by atoms with Gasteiger partial charge in [-0.05, 0) is 40.0 Å². The van der Waals surface area contributed by atoms with E-state index >= 15 is 0 Å². The minimum absolute atomic E-state index is 0.209. The quantitative estimate of drug-likeness (QED) is 0.731. The summed E-state index contributed by atoms with van der Waals surface area (Å²) in [5.41, 5.74) is -0.209. The third kappa shape index (κ3) is 3.87. The highest BCUT2D eigenvalue weighted by Crippen LogP contribution is 2.18. The van der Waals surface area contributed by atoms with Crippen LogP contribution in [0.5, 0.6) is 0 Å². The number of Topliss-reactive ketones (excluding diaryl/α,β-unsaturated/α-hetero) is 1. The number of likely N-dealkylation sites (N-methyl/N-ethyl adjacent to an activating group) is 1. The number of piperidine rings is 1. The maximum Gasteiger partial charge on any atom is 0.152 e. The first-order valence-corrected chi connectivity index (χ1v) is 6.23. The molecule has 1 aliphatic rings. The van der Waals surface area contributed by atoms with Crippen molar-refractivity contribution in [1.82, 2.24) is 9.80 Å². The van der Waals surface area contributed by atoms with E-state index in [1.807, 2.05) is 20.8 Å². The molecule has 0 saturated carbocycles. The molecule has 0 spiro atoms. The van der Waals surface area contributed by atoms with E-state index in [1.54, 1.807) is 0 Å². The van der Waals surface area contributed by atoms with Crippen LogP contribution >= 0.6 is 0 Å². The number of rotatable bonds is 3. The van der Waals surface area contributed by atoms with Gasteiger partial charge in [0.05, 0.1) is 6.54 Å². The Kier molecular flexibility index (Phi) is 4.51. The van der Waals surface area contributed by atoms with Crippen LogP contribution in [0.4, 0.5) is 0 Å². The zero-order chi connectivity index (χ0) is 12.3. The molecule has 0 amide bonds. The summed E-state index contributed by atoms with van der Waals surface area (Å²) in [7, 11) is 4.25. The molecule has 0 radical (unpaired) electrons. The summed E-state index contributed by atoms with van der Waals surface area (Å²) in [6, 6.07) is 0.586. The predicted molar refractivity (Wildman–Crippen MR) is 67.6 cm³/mol. The van der Waals surface area contributed by atoms with Crippen molar-refractivity contribution in [2.24, 2.45) is 5.41 Å². The number of carbonyl (C=O) groups excluding carboxylic acids is 1. The van der Waals surface area contributed by atoms with Gasteiger partial charge in [-0.3, -0.25) is 9.69 Å². The van der Waals surface area contributed by atoms with E-state index < -0.39 is 0 Å². The lowest BCUT2D eigenvalue weighted by Crippen LogP contribution is -2.45. The zero-order valence-corrected chi connectivity index (χ0v) is 11.4. The summed E-state index contributed by atoms with van der Waals surface area (Å²) in [5, 5.41) is 0. The van der Waals surface area contributed by atoms with Crippen LogP contribution in [0.1, 0.15) is 33.6 Å². The Balaban J connectivity index is 2.41. The second kappa shape index (κ2) is 5.28. The van der Waals surface area contributed by atoms with Gasteiger partial charge in [0, 0.05) is 11.5 Å². The number of nitrogens with zero attached hydrogens (tertiary/aromatic N) is 2. The second-order valence-electron chi connectivity index (χ2n) is 6.12. The summed E-state index contributed by atoms with van der Waals surface area (Å²) in [4.78, 5) is 16.5. The smallest absolute Gasteiger partial charge is 0.152 e. The van der Waals surface area contributed by atoms with Gasteiger partial charge in [0.15, 0.2) is 5.78 Å². The summed E-state index contributed by atoms with van der Waals surface area (Å²) >= 11 is 0. The third-order valence-corrected chi connectivity index (χ3v) is 3.54. The van der Waals surface area contributed by atoms with Gasteiger partial charge < -0.3 is 4.90 Å². The van der Waals surface area contributed by atoms with Crippen molar-refractivity contribution >= 4 is 5.78 Å². The Morgan fingerprint density at radius 1 is 1.31 bits per heavy atom. The van der Waals surface area contributed by atoms with Crippen LogP contribution in [0.2, 0.25) is 0 Å². The van der Waals surface area contributed by atoms with E-state index in [2.05, 4.69) is 23.9 Å². The van der Waals surface area contributed by atoms with Gasteiger partial charge in [0.25, 0.3) is 0 Å². The van der Waals surface area contributed by atoms with Gasteiger partial charge in [-0.15, -0.1) is 0 Å². The normalized spacial score (nSPS) is 20.4. The van der Waals surface area contributed by atoms with Crippen molar-refractivity contribution in [2.45, 2.75) is 39.7 Å². The lowest BCUT2D eigenvalue weighted by molar-refractivity contribution is -0.127. The summed E-state index contributed by atoms with van der Waals surface area (Å²) in [5.74, 6) is 0.342. The highest BCUT2D eigenvalue weighted by molar-refractivity contribution is 5.85. The third-order valence-electron chi connectivity index (χ3n) is 3.54. The number of hydrogen-bond donors (Lipinski definition) is 0. The first-order chi connectivity index (χ1) is 7.30. The molecule has 0 bridgehead atoms. The van der Waals surface area contributed by atoms with E-state index in [0.717, 1.165) is 13.1 Å². The van der Waals surface area contributed by atoms with Crippen LogP contribution in [0.15, 0.2) is 0 Å². The van der Waals surface area contributed by atoms with Crippen molar-refractivity contribution in [3.63, 3.8) is 0 Å². The number of likely N-dealkylation sites (tertiary alicyclic amines) is 1. The first kappa shape index (κ1) is 13.7. The van der Waals surface area contributed by atoms with Crippen LogP contribution in [-0.4, -0.2) is 55.4 Å². The van der Waals surface area contributed by atoms with Gasteiger partial charge in [0.1, 0.15) is 0 Å². The average molecular weight is 226 g/mol. The van der Waals surface area contributed by atoms with Gasteiger partial charge >= 0.3 is 0 Å². The molecule has 1 heterocycles. The van der Waals surface area contributed by atoms with Crippen LogP contribution in [0.25, 0.3) is 0 Å². The fourth-order valence-electron chi connectivity index (χ4n) is 2.03. The van der Waals surface area contributed by atoms with Gasteiger partial charge in [-0.1, -0.05) is 20.8 Å². The Labute approximate surface area is 99.8 Å². The zero-order valence-electron chi connectivity index (χ0n) is 11.4. The molecular formula is C13H26N2O. The highest BCUT2D eigenvalue weighted by atomic mass is 16.1. The standard InChI is InChI=1S/C13H26N2O/c1-13(2,3)12(16)10-15(5)11-6-8-14(4)9-7-11/h11H,6-10H2,1-5H3. The van der Waals surface area contributed by atoms with Gasteiger partial charge in [0.2, 0.25) is 0 Å². The Hall–Kier alpha value is -0.410. The monoisotopic (exact) mass is 226 g/mol. The van der Waals surface area contributed by atoms with E-state index in [4.69, 9.17) is 0 Å². The molecule has 0 unspecified atom stereocenters. The van der Waals surface area contributed by atoms with E-state index in [-0.39, 0.29) is 5.41 Å². The minimum atomic E-state index is -0.209. The molecular weight excluding hydrogens is 200 g/mol. The van der Waals surface area contributed by atoms with Crippen LogP contribution in [-0.2, 0) is 4.79 Å². The predicted octanol–water partition coefficient (Wildman–Crippen LogP) is 1.63. The molecule has 1 aliphatic heterocycles. The first-order valence-electron chi connectivity index (χ1n) is 6.23. The molecule has 3 heteroatoms. The van der Waals surface area contributed by atoms with E-state index in [1.165, 1.54) is 12.8 Å². The van der Waals surface area contributed by atoms with E-state index in [9.17, 15) is 4.79 Å². The average Bonchev–Trinajstić information content (AvgIpc) is 2.17. The highest BCUT2D eigenvalue weighted by Gasteiger charge is 2.26. The van der Waals surface area contributed by atoms with Crippen molar-refractivity contribution < 1.29 is 4.79 Å². The summed E-state index contributed by atoms with van der Waals surface area (Å²) in [6.45, 7) is 8.89. The lowest BCUT2D eigenvalue weighted by atomic mass is 9.90. The summed E-state index contributed by atoms with van der Waals surface area (Å²) in [6.07, 6.45) is 2.37. The number of hydrogen-bond acceptors (Lipinski definition) is 3. The minimum Gasteiger partial charge on any atom is -0.306 e. The topological polar surface area (TPSA) is 23.6 Å². The van der Waals surface area contributed by atoms with E-state index in [0.29, 0.717) is 18.4 Å².